The van der Waals surface area contributed by atoms with Crippen molar-refractivity contribution >= 4 is 12.1 Å². The summed E-state index contributed by atoms with van der Waals surface area (Å²) in [6, 6.07) is 16.8. The number of carbonyl (C=O) groups is 2. The number of ether oxygens (including phenoxy) is 2. The molecule has 1 unspecified atom stereocenters. The SMILES string of the molecule is CCC(CCc1ccccc1[C@@H](C)OC[C@H]1CN(C(C)(C)CC2Cc3ccccc3C2)C(=O)O1)OOC(C)=O. The van der Waals surface area contributed by atoms with Gasteiger partial charge < -0.3 is 9.47 Å². The first-order chi connectivity index (χ1) is 18.7. The minimum Gasteiger partial charge on any atom is -0.442 e. The van der Waals surface area contributed by atoms with E-state index in [9.17, 15) is 9.59 Å². The molecule has 0 radical (unpaired) electrons. The molecule has 1 saturated heterocycles. The van der Waals surface area contributed by atoms with Gasteiger partial charge in [-0.3, -0.25) is 9.79 Å². The molecule has 1 aliphatic heterocycles. The van der Waals surface area contributed by atoms with Crippen LogP contribution in [0.4, 0.5) is 4.79 Å². The molecule has 2 aromatic carbocycles. The third-order valence-corrected chi connectivity index (χ3v) is 8.05. The van der Waals surface area contributed by atoms with Gasteiger partial charge >= 0.3 is 12.1 Å². The van der Waals surface area contributed by atoms with E-state index in [4.69, 9.17) is 19.2 Å². The largest absolute Gasteiger partial charge is 0.442 e. The number of aryl methyl sites for hydroxylation is 1. The first-order valence-electron chi connectivity index (χ1n) is 14.2. The molecular formula is C32H43NO6. The molecule has 0 aromatic heterocycles. The Hall–Kier alpha value is -2.90. The van der Waals surface area contributed by atoms with Crippen LogP contribution >= 0.6 is 0 Å². The Morgan fingerprint density at radius 3 is 2.44 bits per heavy atom. The van der Waals surface area contributed by atoms with E-state index in [-0.39, 0.29) is 29.9 Å². The fraction of sp³-hybridized carbons (Fsp3) is 0.562. The molecule has 39 heavy (non-hydrogen) atoms. The van der Waals surface area contributed by atoms with Crippen molar-refractivity contribution in [1.29, 1.82) is 0 Å². The lowest BCUT2D eigenvalue weighted by molar-refractivity contribution is -0.297. The molecular weight excluding hydrogens is 494 g/mol. The summed E-state index contributed by atoms with van der Waals surface area (Å²) in [7, 11) is 0. The van der Waals surface area contributed by atoms with Crippen LogP contribution < -0.4 is 0 Å². The highest BCUT2D eigenvalue weighted by molar-refractivity contribution is 5.71. The van der Waals surface area contributed by atoms with Crippen molar-refractivity contribution in [1.82, 2.24) is 4.90 Å². The van der Waals surface area contributed by atoms with E-state index in [1.54, 1.807) is 0 Å². The van der Waals surface area contributed by atoms with Crippen molar-refractivity contribution in [3.05, 3.63) is 70.8 Å². The van der Waals surface area contributed by atoms with Crippen LogP contribution in [-0.2, 0) is 43.3 Å². The van der Waals surface area contributed by atoms with E-state index in [1.165, 1.54) is 23.6 Å². The van der Waals surface area contributed by atoms with E-state index >= 15 is 0 Å². The van der Waals surface area contributed by atoms with Gasteiger partial charge in [0.2, 0.25) is 0 Å². The monoisotopic (exact) mass is 537 g/mol. The molecule has 0 bridgehead atoms. The molecule has 0 saturated carbocycles. The normalized spacial score (nSPS) is 19.1. The van der Waals surface area contributed by atoms with Gasteiger partial charge in [-0.05, 0) is 87.5 Å². The van der Waals surface area contributed by atoms with Gasteiger partial charge in [-0.15, -0.1) is 0 Å². The Morgan fingerprint density at radius 1 is 1.10 bits per heavy atom. The second-order valence-electron chi connectivity index (χ2n) is 11.6. The van der Waals surface area contributed by atoms with Crippen molar-refractivity contribution in [2.45, 2.75) is 97.0 Å². The Morgan fingerprint density at radius 2 is 1.77 bits per heavy atom. The molecule has 1 aliphatic carbocycles. The molecule has 4 rings (SSSR count). The Labute approximate surface area is 232 Å². The second kappa shape index (κ2) is 13.0. The molecule has 0 N–H and O–H groups in total. The average molecular weight is 538 g/mol. The number of carbonyl (C=O) groups excluding carboxylic acids is 2. The number of rotatable bonds is 13. The van der Waals surface area contributed by atoms with Gasteiger partial charge in [0, 0.05) is 12.5 Å². The van der Waals surface area contributed by atoms with E-state index in [2.05, 4.69) is 50.2 Å². The zero-order valence-corrected chi connectivity index (χ0v) is 24.0. The van der Waals surface area contributed by atoms with Gasteiger partial charge in [0.25, 0.3) is 0 Å². The summed E-state index contributed by atoms with van der Waals surface area (Å²) in [5, 5.41) is 0. The third-order valence-electron chi connectivity index (χ3n) is 8.05. The van der Waals surface area contributed by atoms with Gasteiger partial charge in [0.15, 0.2) is 0 Å². The summed E-state index contributed by atoms with van der Waals surface area (Å²) < 4.78 is 12.0. The maximum atomic E-state index is 12.9. The highest BCUT2D eigenvalue weighted by Gasteiger charge is 2.42. The number of benzene rings is 2. The van der Waals surface area contributed by atoms with Crippen LogP contribution in [0.3, 0.4) is 0 Å². The van der Waals surface area contributed by atoms with E-state index < -0.39 is 5.97 Å². The van der Waals surface area contributed by atoms with Gasteiger partial charge in [-0.1, -0.05) is 55.5 Å². The van der Waals surface area contributed by atoms with Crippen LogP contribution in [0.25, 0.3) is 0 Å². The predicted octanol–water partition coefficient (Wildman–Crippen LogP) is 6.37. The maximum Gasteiger partial charge on any atom is 0.410 e. The fourth-order valence-electron chi connectivity index (χ4n) is 5.99. The van der Waals surface area contributed by atoms with Crippen LogP contribution in [0.5, 0.6) is 0 Å². The fourth-order valence-corrected chi connectivity index (χ4v) is 5.99. The molecule has 1 heterocycles. The molecule has 7 nitrogen and oxygen atoms in total. The van der Waals surface area contributed by atoms with Gasteiger partial charge in [0.1, 0.15) is 12.2 Å². The van der Waals surface area contributed by atoms with E-state index in [0.29, 0.717) is 19.1 Å². The first kappa shape index (κ1) is 29.1. The standard InChI is InChI=1S/C32H43NO6/c1-6-28(39-38-23(3)34)16-15-25-11-9-10-14-30(25)22(2)36-21-29-20-33(31(35)37-29)32(4,5)19-24-17-26-12-7-8-13-27(26)18-24/h7-14,22,24,28-29H,6,15-21H2,1-5H3/t22-,28?,29-/m1/s1. The lowest BCUT2D eigenvalue weighted by Gasteiger charge is -2.35. The summed E-state index contributed by atoms with van der Waals surface area (Å²) in [6.07, 6.45) is 4.45. The number of fused-ring (bicyclic) bond motifs is 1. The number of cyclic esters (lactones) is 1. The number of nitrogens with zero attached hydrogens (tertiary/aromatic N) is 1. The summed E-state index contributed by atoms with van der Waals surface area (Å²) in [6.45, 7) is 10.5. The number of hydrogen-bond donors (Lipinski definition) is 0. The molecule has 0 spiro atoms. The van der Waals surface area contributed by atoms with Crippen LogP contribution in [0.15, 0.2) is 48.5 Å². The maximum absolute atomic E-state index is 12.9. The minimum atomic E-state index is -0.449. The van der Waals surface area contributed by atoms with Crippen molar-refractivity contribution in [2.75, 3.05) is 13.2 Å². The van der Waals surface area contributed by atoms with Crippen LogP contribution in [0.1, 0.15) is 82.2 Å². The first-order valence-corrected chi connectivity index (χ1v) is 14.2. The zero-order chi connectivity index (χ0) is 28.0. The van der Waals surface area contributed by atoms with Crippen molar-refractivity contribution < 1.29 is 28.8 Å². The second-order valence-corrected chi connectivity index (χ2v) is 11.6. The number of amides is 1. The van der Waals surface area contributed by atoms with Crippen LogP contribution in [-0.4, -0.2) is 47.9 Å². The van der Waals surface area contributed by atoms with Crippen molar-refractivity contribution in [3.8, 4) is 0 Å². The van der Waals surface area contributed by atoms with Gasteiger partial charge in [-0.2, -0.15) is 4.89 Å². The molecule has 2 aromatic rings. The minimum absolute atomic E-state index is 0.159. The van der Waals surface area contributed by atoms with Crippen molar-refractivity contribution in [2.24, 2.45) is 5.92 Å². The average Bonchev–Trinajstić information content (AvgIpc) is 3.49. The molecule has 7 heteroatoms. The topological polar surface area (TPSA) is 74.3 Å². The van der Waals surface area contributed by atoms with Crippen LogP contribution in [0, 0.1) is 5.92 Å². The predicted molar refractivity (Wildman–Crippen MR) is 149 cm³/mol. The lowest BCUT2D eigenvalue weighted by atomic mass is 9.87. The zero-order valence-electron chi connectivity index (χ0n) is 24.0. The molecule has 212 valence electrons. The molecule has 3 atom stereocenters. The summed E-state index contributed by atoms with van der Waals surface area (Å²) in [5.41, 5.74) is 4.84. The summed E-state index contributed by atoms with van der Waals surface area (Å²) >= 11 is 0. The molecule has 1 fully saturated rings. The highest BCUT2D eigenvalue weighted by atomic mass is 17.2. The quantitative estimate of drug-likeness (QED) is 0.218. The smallest absolute Gasteiger partial charge is 0.410 e. The van der Waals surface area contributed by atoms with Gasteiger partial charge in [-0.25, -0.2) is 9.59 Å². The summed E-state index contributed by atoms with van der Waals surface area (Å²) in [4.78, 5) is 35.8. The number of hydrogen-bond acceptors (Lipinski definition) is 6. The van der Waals surface area contributed by atoms with E-state index in [1.807, 2.05) is 30.9 Å². The third kappa shape index (κ3) is 7.61. The van der Waals surface area contributed by atoms with Crippen molar-refractivity contribution in [3.63, 3.8) is 0 Å². The summed E-state index contributed by atoms with van der Waals surface area (Å²) in [5.74, 6) is 0.0818. The lowest BCUT2D eigenvalue weighted by Crippen LogP contribution is -2.46. The Bertz CT molecular complexity index is 1110. The highest BCUT2D eigenvalue weighted by Crippen LogP contribution is 2.36. The Balaban J connectivity index is 1.28. The van der Waals surface area contributed by atoms with E-state index in [0.717, 1.165) is 44.1 Å². The Kier molecular flexibility index (Phi) is 9.67. The molecule has 2 aliphatic rings. The van der Waals surface area contributed by atoms with Gasteiger partial charge in [0.05, 0.1) is 19.3 Å². The molecule has 1 amide bonds. The van der Waals surface area contributed by atoms with Crippen LogP contribution in [0.2, 0.25) is 0 Å².